The molecule has 0 aromatic carbocycles. The summed E-state index contributed by atoms with van der Waals surface area (Å²) in [5.74, 6) is 0.0495. The van der Waals surface area contributed by atoms with Gasteiger partial charge in [0.2, 0.25) is 5.91 Å². The van der Waals surface area contributed by atoms with Crippen molar-refractivity contribution in [3.63, 3.8) is 0 Å². The summed E-state index contributed by atoms with van der Waals surface area (Å²) in [5.41, 5.74) is 0. The maximum atomic E-state index is 12.0. The number of likely N-dealkylation sites (tertiary alicyclic amines) is 1. The third-order valence-corrected chi connectivity index (χ3v) is 3.12. The topological polar surface area (TPSA) is 61.9 Å². The van der Waals surface area contributed by atoms with Crippen LogP contribution in [0.25, 0.3) is 0 Å². The lowest BCUT2D eigenvalue weighted by Gasteiger charge is -2.42. The van der Waals surface area contributed by atoms with Gasteiger partial charge in [0.1, 0.15) is 0 Å². The number of hydrogen-bond acceptors (Lipinski definition) is 3. The minimum Gasteiger partial charge on any atom is -0.378 e. The molecule has 2 aliphatic heterocycles. The third kappa shape index (κ3) is 2.88. The normalized spacial score (nSPS) is 21.0. The molecule has 0 spiro atoms. The number of nitrogens with one attached hydrogen (secondary N) is 1. The van der Waals surface area contributed by atoms with Gasteiger partial charge in [-0.05, 0) is 0 Å². The highest BCUT2D eigenvalue weighted by Crippen LogP contribution is 2.12. The largest absolute Gasteiger partial charge is 0.378 e. The Morgan fingerprint density at radius 3 is 2.47 bits per heavy atom. The van der Waals surface area contributed by atoms with Crippen molar-refractivity contribution in [2.75, 3.05) is 39.4 Å². The van der Waals surface area contributed by atoms with Gasteiger partial charge in [-0.3, -0.25) is 4.79 Å². The number of carbonyl (C=O) groups excluding carboxylic acids is 2. The molecule has 0 bridgehead atoms. The fourth-order valence-electron chi connectivity index (χ4n) is 2.01. The summed E-state index contributed by atoms with van der Waals surface area (Å²) in [6.45, 7) is 5.66. The lowest BCUT2D eigenvalue weighted by molar-refractivity contribution is -0.122. The Bertz CT molecular complexity index is 296. The minimum absolute atomic E-state index is 0.0495. The molecular weight excluding hydrogens is 222 g/mol. The van der Waals surface area contributed by atoms with Gasteiger partial charge in [0.15, 0.2) is 0 Å². The van der Waals surface area contributed by atoms with E-state index in [-0.39, 0.29) is 18.0 Å². The van der Waals surface area contributed by atoms with E-state index in [1.807, 2.05) is 6.92 Å². The van der Waals surface area contributed by atoms with Gasteiger partial charge >= 0.3 is 6.03 Å². The van der Waals surface area contributed by atoms with E-state index < -0.39 is 0 Å². The van der Waals surface area contributed by atoms with Gasteiger partial charge in [0.05, 0.1) is 19.3 Å². The molecule has 0 atom stereocenters. The van der Waals surface area contributed by atoms with E-state index in [0.29, 0.717) is 45.8 Å². The zero-order valence-corrected chi connectivity index (χ0v) is 10.1. The Hall–Kier alpha value is -1.30. The van der Waals surface area contributed by atoms with E-state index in [4.69, 9.17) is 4.74 Å². The Morgan fingerprint density at radius 1 is 1.24 bits per heavy atom. The molecule has 0 saturated carbocycles. The number of urea groups is 1. The first-order chi connectivity index (χ1) is 8.20. The molecule has 3 amide bonds. The van der Waals surface area contributed by atoms with Crippen LogP contribution in [0.4, 0.5) is 4.79 Å². The summed E-state index contributed by atoms with van der Waals surface area (Å²) in [6, 6.07) is 0.197. The number of rotatable bonds is 2. The van der Waals surface area contributed by atoms with Gasteiger partial charge in [0, 0.05) is 32.6 Å². The predicted octanol–water partition coefficient (Wildman–Crippen LogP) is -0.351. The van der Waals surface area contributed by atoms with Crippen molar-refractivity contribution in [2.45, 2.75) is 19.4 Å². The number of amides is 3. The monoisotopic (exact) mass is 241 g/mol. The molecule has 96 valence electrons. The molecule has 2 aliphatic rings. The molecule has 2 rings (SSSR count). The number of morpholine rings is 1. The molecule has 6 heteroatoms. The molecular formula is C11H19N3O3. The van der Waals surface area contributed by atoms with Crippen LogP contribution in [0.3, 0.4) is 0 Å². The highest BCUT2D eigenvalue weighted by Gasteiger charge is 2.34. The lowest BCUT2D eigenvalue weighted by Crippen LogP contribution is -2.64. The van der Waals surface area contributed by atoms with Crippen molar-refractivity contribution in [2.24, 2.45) is 0 Å². The maximum Gasteiger partial charge on any atom is 0.320 e. The van der Waals surface area contributed by atoms with Gasteiger partial charge in [-0.25, -0.2) is 4.79 Å². The van der Waals surface area contributed by atoms with Gasteiger partial charge in [-0.2, -0.15) is 0 Å². The van der Waals surface area contributed by atoms with E-state index >= 15 is 0 Å². The fraction of sp³-hybridized carbons (Fsp3) is 0.818. The molecule has 2 heterocycles. The molecule has 0 radical (unpaired) electrons. The summed E-state index contributed by atoms with van der Waals surface area (Å²) in [5, 5.41) is 2.88. The summed E-state index contributed by atoms with van der Waals surface area (Å²) in [4.78, 5) is 26.7. The number of carbonyl (C=O) groups is 2. The highest BCUT2D eigenvalue weighted by atomic mass is 16.5. The van der Waals surface area contributed by atoms with Crippen LogP contribution >= 0.6 is 0 Å². The quantitative estimate of drug-likeness (QED) is 0.718. The standard InChI is InChI=1S/C11H19N3O3/c1-2-10(15)12-9-7-14(8-9)11(16)13-3-5-17-6-4-13/h9H,2-8H2,1H3,(H,12,15). The molecule has 2 fully saturated rings. The molecule has 0 aliphatic carbocycles. The number of hydrogen-bond donors (Lipinski definition) is 1. The molecule has 0 aromatic rings. The summed E-state index contributed by atoms with van der Waals surface area (Å²) >= 11 is 0. The van der Waals surface area contributed by atoms with Crippen LogP contribution in [0.1, 0.15) is 13.3 Å². The zero-order chi connectivity index (χ0) is 12.3. The van der Waals surface area contributed by atoms with Crippen molar-refractivity contribution in [1.29, 1.82) is 0 Å². The zero-order valence-electron chi connectivity index (χ0n) is 10.1. The Kier molecular flexibility index (Phi) is 3.83. The number of ether oxygens (including phenoxy) is 1. The van der Waals surface area contributed by atoms with E-state index in [1.165, 1.54) is 0 Å². The molecule has 0 unspecified atom stereocenters. The Balaban J connectivity index is 1.71. The van der Waals surface area contributed by atoms with Crippen LogP contribution in [-0.2, 0) is 9.53 Å². The van der Waals surface area contributed by atoms with Crippen LogP contribution in [0, 0.1) is 0 Å². The maximum absolute atomic E-state index is 12.0. The smallest absolute Gasteiger partial charge is 0.320 e. The second kappa shape index (κ2) is 5.35. The predicted molar refractivity (Wildman–Crippen MR) is 61.6 cm³/mol. The van der Waals surface area contributed by atoms with Crippen LogP contribution in [0.5, 0.6) is 0 Å². The second-order valence-electron chi connectivity index (χ2n) is 4.40. The van der Waals surface area contributed by atoms with Crippen molar-refractivity contribution in [3.05, 3.63) is 0 Å². The van der Waals surface area contributed by atoms with Crippen molar-refractivity contribution in [3.8, 4) is 0 Å². The van der Waals surface area contributed by atoms with Crippen LogP contribution in [0.15, 0.2) is 0 Å². The van der Waals surface area contributed by atoms with E-state index in [9.17, 15) is 9.59 Å². The molecule has 0 aromatic heterocycles. The van der Waals surface area contributed by atoms with Gasteiger partial charge in [-0.15, -0.1) is 0 Å². The van der Waals surface area contributed by atoms with Crippen molar-refractivity contribution < 1.29 is 14.3 Å². The second-order valence-corrected chi connectivity index (χ2v) is 4.40. The van der Waals surface area contributed by atoms with E-state index in [0.717, 1.165) is 0 Å². The average Bonchev–Trinajstić information content (AvgIpc) is 2.33. The first-order valence-electron chi connectivity index (χ1n) is 6.11. The summed E-state index contributed by atoms with van der Waals surface area (Å²) in [6.07, 6.45) is 0.494. The molecule has 6 nitrogen and oxygen atoms in total. The van der Waals surface area contributed by atoms with Crippen molar-refractivity contribution in [1.82, 2.24) is 15.1 Å². The number of nitrogens with zero attached hydrogens (tertiary/aromatic N) is 2. The van der Waals surface area contributed by atoms with Gasteiger partial charge < -0.3 is 19.9 Å². The summed E-state index contributed by atoms with van der Waals surface area (Å²) < 4.78 is 5.20. The van der Waals surface area contributed by atoms with Gasteiger partial charge in [0.25, 0.3) is 0 Å². The van der Waals surface area contributed by atoms with Crippen molar-refractivity contribution >= 4 is 11.9 Å². The average molecular weight is 241 g/mol. The van der Waals surface area contributed by atoms with Crippen LogP contribution in [0.2, 0.25) is 0 Å². The first-order valence-corrected chi connectivity index (χ1v) is 6.11. The molecule has 17 heavy (non-hydrogen) atoms. The highest BCUT2D eigenvalue weighted by molar-refractivity contribution is 5.78. The van der Waals surface area contributed by atoms with Gasteiger partial charge in [-0.1, -0.05) is 6.92 Å². The Morgan fingerprint density at radius 2 is 1.88 bits per heavy atom. The fourth-order valence-corrected chi connectivity index (χ4v) is 2.01. The molecule has 2 saturated heterocycles. The van der Waals surface area contributed by atoms with Crippen LogP contribution in [-0.4, -0.2) is 67.2 Å². The van der Waals surface area contributed by atoms with E-state index in [2.05, 4.69) is 5.32 Å². The summed E-state index contributed by atoms with van der Waals surface area (Å²) in [7, 11) is 0. The molecule has 1 N–H and O–H groups in total. The lowest BCUT2D eigenvalue weighted by atomic mass is 10.1. The van der Waals surface area contributed by atoms with Crippen LogP contribution < -0.4 is 5.32 Å². The van der Waals surface area contributed by atoms with E-state index in [1.54, 1.807) is 9.80 Å². The SMILES string of the molecule is CCC(=O)NC1CN(C(=O)N2CCOCC2)C1. The minimum atomic E-state index is 0.0495. The first kappa shape index (κ1) is 12.2. The Labute approximate surface area is 101 Å². The third-order valence-electron chi connectivity index (χ3n) is 3.12.